The van der Waals surface area contributed by atoms with Crippen molar-refractivity contribution < 1.29 is 4.79 Å². The zero-order chi connectivity index (χ0) is 12.8. The van der Waals surface area contributed by atoms with Crippen LogP contribution in [0.4, 0.5) is 0 Å². The Hall–Kier alpha value is -1.82. The number of amides is 1. The summed E-state index contributed by atoms with van der Waals surface area (Å²) in [6.07, 6.45) is 14.5. The summed E-state index contributed by atoms with van der Waals surface area (Å²) >= 11 is 0. The standard InChI is InChI=1S/C15H18N2O/c1-2-12-17(14-6-4-3-5-7-14)15(18)13-8-10-16-11-9-13/h1,8-11,14H,3-7,12H2. The highest BCUT2D eigenvalue weighted by Gasteiger charge is 2.25. The smallest absolute Gasteiger partial charge is 0.255 e. The minimum Gasteiger partial charge on any atom is -0.325 e. The molecular weight excluding hydrogens is 224 g/mol. The van der Waals surface area contributed by atoms with Crippen molar-refractivity contribution in [2.24, 2.45) is 0 Å². The summed E-state index contributed by atoms with van der Waals surface area (Å²) in [6.45, 7) is 0.395. The third kappa shape index (κ3) is 2.89. The number of carbonyl (C=O) groups excluding carboxylic acids is 1. The SMILES string of the molecule is C#CCN(C(=O)c1ccncc1)C1CCCCC1. The zero-order valence-electron chi connectivity index (χ0n) is 10.5. The fraction of sp³-hybridized carbons (Fsp3) is 0.467. The molecule has 2 rings (SSSR count). The van der Waals surface area contributed by atoms with Crippen LogP contribution in [0.2, 0.25) is 0 Å². The number of hydrogen-bond donors (Lipinski definition) is 0. The number of pyridine rings is 1. The molecule has 1 saturated carbocycles. The first-order valence-electron chi connectivity index (χ1n) is 6.47. The van der Waals surface area contributed by atoms with Gasteiger partial charge in [-0.25, -0.2) is 0 Å². The fourth-order valence-corrected chi connectivity index (χ4v) is 2.52. The van der Waals surface area contributed by atoms with Crippen LogP contribution in [0.25, 0.3) is 0 Å². The normalized spacial score (nSPS) is 15.9. The van der Waals surface area contributed by atoms with Gasteiger partial charge < -0.3 is 4.90 Å². The monoisotopic (exact) mass is 242 g/mol. The van der Waals surface area contributed by atoms with Crippen molar-refractivity contribution in [1.82, 2.24) is 9.88 Å². The second-order valence-corrected chi connectivity index (χ2v) is 4.66. The summed E-state index contributed by atoms with van der Waals surface area (Å²) in [6, 6.07) is 3.79. The van der Waals surface area contributed by atoms with E-state index in [9.17, 15) is 4.79 Å². The van der Waals surface area contributed by atoms with Crippen LogP contribution in [-0.4, -0.2) is 28.4 Å². The molecule has 1 fully saturated rings. The molecule has 0 N–H and O–H groups in total. The molecule has 1 amide bonds. The Kier molecular flexibility index (Phi) is 4.35. The molecule has 0 bridgehead atoms. The van der Waals surface area contributed by atoms with E-state index < -0.39 is 0 Å². The highest BCUT2D eigenvalue weighted by Crippen LogP contribution is 2.23. The van der Waals surface area contributed by atoms with Gasteiger partial charge in [-0.2, -0.15) is 0 Å². The van der Waals surface area contributed by atoms with Crippen LogP contribution in [0.3, 0.4) is 0 Å². The first-order valence-corrected chi connectivity index (χ1v) is 6.47. The molecule has 94 valence electrons. The second kappa shape index (κ2) is 6.20. The second-order valence-electron chi connectivity index (χ2n) is 4.66. The Morgan fingerprint density at radius 1 is 1.33 bits per heavy atom. The van der Waals surface area contributed by atoms with E-state index in [2.05, 4.69) is 10.9 Å². The number of rotatable bonds is 3. The number of hydrogen-bond acceptors (Lipinski definition) is 2. The molecular formula is C15H18N2O. The van der Waals surface area contributed by atoms with Gasteiger partial charge in [0.2, 0.25) is 0 Å². The summed E-state index contributed by atoms with van der Waals surface area (Å²) in [5.74, 6) is 2.64. The van der Waals surface area contributed by atoms with Gasteiger partial charge in [-0.15, -0.1) is 6.42 Å². The van der Waals surface area contributed by atoms with Crippen LogP contribution >= 0.6 is 0 Å². The highest BCUT2D eigenvalue weighted by atomic mass is 16.2. The van der Waals surface area contributed by atoms with Crippen LogP contribution in [0.1, 0.15) is 42.5 Å². The molecule has 0 saturated heterocycles. The zero-order valence-corrected chi connectivity index (χ0v) is 10.5. The average molecular weight is 242 g/mol. The maximum atomic E-state index is 12.4. The third-order valence-electron chi connectivity index (χ3n) is 3.47. The lowest BCUT2D eigenvalue weighted by Crippen LogP contribution is -2.41. The number of terminal acetylenes is 1. The van der Waals surface area contributed by atoms with Gasteiger partial charge in [0.1, 0.15) is 0 Å². The van der Waals surface area contributed by atoms with Gasteiger partial charge in [-0.3, -0.25) is 9.78 Å². The Bertz CT molecular complexity index is 430. The van der Waals surface area contributed by atoms with Crippen LogP contribution in [0, 0.1) is 12.3 Å². The molecule has 3 heteroatoms. The van der Waals surface area contributed by atoms with E-state index in [1.165, 1.54) is 19.3 Å². The van der Waals surface area contributed by atoms with Crippen LogP contribution < -0.4 is 0 Å². The fourth-order valence-electron chi connectivity index (χ4n) is 2.52. The van der Waals surface area contributed by atoms with Crippen molar-refractivity contribution in [3.8, 4) is 12.3 Å². The van der Waals surface area contributed by atoms with E-state index in [-0.39, 0.29) is 5.91 Å². The van der Waals surface area contributed by atoms with E-state index in [1.807, 2.05) is 4.90 Å². The molecule has 0 atom stereocenters. The van der Waals surface area contributed by atoms with Gasteiger partial charge in [-0.1, -0.05) is 25.2 Å². The maximum Gasteiger partial charge on any atom is 0.255 e. The first kappa shape index (κ1) is 12.6. The summed E-state index contributed by atoms with van der Waals surface area (Å²) < 4.78 is 0. The Morgan fingerprint density at radius 2 is 2.00 bits per heavy atom. The van der Waals surface area contributed by atoms with E-state index in [4.69, 9.17) is 6.42 Å². The molecule has 0 spiro atoms. The van der Waals surface area contributed by atoms with Crippen molar-refractivity contribution in [2.75, 3.05) is 6.54 Å². The predicted molar refractivity (Wildman–Crippen MR) is 71.0 cm³/mol. The number of nitrogens with zero attached hydrogens (tertiary/aromatic N) is 2. The van der Waals surface area contributed by atoms with Crippen molar-refractivity contribution in [2.45, 2.75) is 38.1 Å². The first-order chi connectivity index (χ1) is 8.83. The van der Waals surface area contributed by atoms with Gasteiger partial charge >= 0.3 is 0 Å². The van der Waals surface area contributed by atoms with E-state index >= 15 is 0 Å². The topological polar surface area (TPSA) is 33.2 Å². The molecule has 3 nitrogen and oxygen atoms in total. The lowest BCUT2D eigenvalue weighted by atomic mass is 9.93. The minimum absolute atomic E-state index is 0.0299. The summed E-state index contributed by atoms with van der Waals surface area (Å²) in [5.41, 5.74) is 0.672. The quantitative estimate of drug-likeness (QED) is 0.763. The lowest BCUT2D eigenvalue weighted by Gasteiger charge is -2.33. The van der Waals surface area contributed by atoms with Crippen LogP contribution in [-0.2, 0) is 0 Å². The molecule has 0 radical (unpaired) electrons. The Morgan fingerprint density at radius 3 is 2.61 bits per heavy atom. The average Bonchev–Trinajstić information content (AvgIpc) is 2.46. The molecule has 1 heterocycles. The van der Waals surface area contributed by atoms with Crippen LogP contribution in [0.5, 0.6) is 0 Å². The minimum atomic E-state index is 0.0299. The van der Waals surface area contributed by atoms with Crippen molar-refractivity contribution in [1.29, 1.82) is 0 Å². The Balaban J connectivity index is 2.14. The number of aromatic nitrogens is 1. The van der Waals surface area contributed by atoms with Crippen LogP contribution in [0.15, 0.2) is 24.5 Å². The molecule has 0 aliphatic heterocycles. The van der Waals surface area contributed by atoms with Crippen molar-refractivity contribution in [3.63, 3.8) is 0 Å². The lowest BCUT2D eigenvalue weighted by molar-refractivity contribution is 0.0667. The largest absolute Gasteiger partial charge is 0.325 e. The van der Waals surface area contributed by atoms with E-state index in [0.717, 1.165) is 12.8 Å². The van der Waals surface area contributed by atoms with Gasteiger partial charge in [0.25, 0.3) is 5.91 Å². The molecule has 1 aliphatic rings. The molecule has 1 aromatic rings. The summed E-state index contributed by atoms with van der Waals surface area (Å²) in [5, 5.41) is 0. The molecule has 1 aliphatic carbocycles. The van der Waals surface area contributed by atoms with Crippen molar-refractivity contribution >= 4 is 5.91 Å². The third-order valence-corrected chi connectivity index (χ3v) is 3.47. The van der Waals surface area contributed by atoms with Crippen molar-refractivity contribution in [3.05, 3.63) is 30.1 Å². The summed E-state index contributed by atoms with van der Waals surface area (Å²) in [7, 11) is 0. The van der Waals surface area contributed by atoms with E-state index in [0.29, 0.717) is 18.2 Å². The number of carbonyl (C=O) groups is 1. The van der Waals surface area contributed by atoms with Gasteiger partial charge in [0.15, 0.2) is 0 Å². The van der Waals surface area contributed by atoms with Gasteiger partial charge in [-0.05, 0) is 25.0 Å². The molecule has 0 aromatic carbocycles. The van der Waals surface area contributed by atoms with E-state index in [1.54, 1.807) is 24.5 Å². The summed E-state index contributed by atoms with van der Waals surface area (Å²) in [4.78, 5) is 18.2. The van der Waals surface area contributed by atoms with Gasteiger partial charge in [0.05, 0.1) is 6.54 Å². The molecule has 1 aromatic heterocycles. The van der Waals surface area contributed by atoms with Gasteiger partial charge in [0, 0.05) is 24.0 Å². The molecule has 0 unspecified atom stereocenters. The predicted octanol–water partition coefficient (Wildman–Crippen LogP) is 2.49. The highest BCUT2D eigenvalue weighted by molar-refractivity contribution is 5.94. The Labute approximate surface area is 108 Å². The maximum absolute atomic E-state index is 12.4. The molecule has 18 heavy (non-hydrogen) atoms.